The molecule has 0 radical (unpaired) electrons. The number of pyridine rings is 1. The predicted octanol–water partition coefficient (Wildman–Crippen LogP) is 4.09. The third-order valence-corrected chi connectivity index (χ3v) is 3.91. The van der Waals surface area contributed by atoms with Crippen molar-refractivity contribution in [3.8, 4) is 0 Å². The summed E-state index contributed by atoms with van der Waals surface area (Å²) >= 11 is 0. The lowest BCUT2D eigenvalue weighted by Gasteiger charge is -2.16. The fourth-order valence-electron chi connectivity index (χ4n) is 2.22. The van der Waals surface area contributed by atoms with Crippen LogP contribution in [-0.4, -0.2) is 10.9 Å². The summed E-state index contributed by atoms with van der Waals surface area (Å²) in [4.78, 5) is 16.0. The van der Waals surface area contributed by atoms with Crippen molar-refractivity contribution in [3.63, 3.8) is 0 Å². The Morgan fingerprint density at radius 3 is 2.19 bits per heavy atom. The van der Waals surface area contributed by atoms with Gasteiger partial charge in [-0.25, -0.2) is 0 Å². The van der Waals surface area contributed by atoms with Gasteiger partial charge in [0.15, 0.2) is 0 Å². The minimum Gasteiger partial charge on any atom is -0.346 e. The Hall–Kier alpha value is -2.16. The van der Waals surface area contributed by atoms with Crippen LogP contribution in [0.3, 0.4) is 0 Å². The minimum atomic E-state index is -0.0732. The van der Waals surface area contributed by atoms with E-state index in [1.54, 1.807) is 24.5 Å². The maximum Gasteiger partial charge on any atom is 0.251 e. The van der Waals surface area contributed by atoms with Crippen LogP contribution in [0.5, 0.6) is 0 Å². The molecule has 0 aliphatic rings. The first-order valence-corrected chi connectivity index (χ1v) is 7.42. The van der Waals surface area contributed by atoms with Crippen molar-refractivity contribution in [2.24, 2.45) is 0 Å². The number of aromatic nitrogens is 1. The topological polar surface area (TPSA) is 42.0 Å². The first-order chi connectivity index (χ1) is 10.1. The second-order valence-corrected chi connectivity index (χ2v) is 5.41. The van der Waals surface area contributed by atoms with E-state index in [9.17, 15) is 4.79 Å². The second kappa shape index (κ2) is 7.02. The van der Waals surface area contributed by atoms with Crippen LogP contribution in [0.4, 0.5) is 0 Å². The van der Waals surface area contributed by atoms with E-state index in [4.69, 9.17) is 0 Å². The van der Waals surface area contributed by atoms with E-state index in [0.717, 1.165) is 12.0 Å². The quantitative estimate of drug-likeness (QED) is 0.897. The van der Waals surface area contributed by atoms with Crippen molar-refractivity contribution in [1.29, 1.82) is 0 Å². The molecular formula is C18H22N2O. The van der Waals surface area contributed by atoms with Crippen LogP contribution in [0.25, 0.3) is 0 Å². The molecule has 0 aliphatic carbocycles. The zero-order chi connectivity index (χ0) is 15.2. The largest absolute Gasteiger partial charge is 0.346 e. The van der Waals surface area contributed by atoms with Gasteiger partial charge in [0, 0.05) is 18.0 Å². The molecule has 21 heavy (non-hydrogen) atoms. The molecule has 0 unspecified atom stereocenters. The number of benzene rings is 1. The summed E-state index contributed by atoms with van der Waals surface area (Å²) in [6.07, 6.45) is 4.38. The zero-order valence-electron chi connectivity index (χ0n) is 12.8. The molecule has 0 aliphatic heterocycles. The maximum absolute atomic E-state index is 12.1. The number of hydrogen-bond donors (Lipinski definition) is 1. The Balaban J connectivity index is 2.03. The molecule has 0 saturated heterocycles. The third kappa shape index (κ3) is 3.91. The normalized spacial score (nSPS) is 13.5. The van der Waals surface area contributed by atoms with E-state index < -0.39 is 0 Å². The van der Waals surface area contributed by atoms with Crippen LogP contribution in [0.2, 0.25) is 0 Å². The number of nitrogens with one attached hydrogen (secondary N) is 1. The predicted molar refractivity (Wildman–Crippen MR) is 85.3 cm³/mol. The molecule has 3 heteroatoms. The van der Waals surface area contributed by atoms with Gasteiger partial charge in [-0.15, -0.1) is 0 Å². The SMILES string of the molecule is CC[C@@H](C)c1ccc([C@@H](C)NC(=O)c2ccncc2)cc1. The average molecular weight is 282 g/mol. The number of carbonyl (C=O) groups excluding carboxylic acids is 1. The van der Waals surface area contributed by atoms with Gasteiger partial charge in [-0.3, -0.25) is 9.78 Å². The lowest BCUT2D eigenvalue weighted by Crippen LogP contribution is -2.26. The number of nitrogens with zero attached hydrogens (tertiary/aromatic N) is 1. The van der Waals surface area contributed by atoms with Gasteiger partial charge in [0.1, 0.15) is 0 Å². The third-order valence-electron chi connectivity index (χ3n) is 3.91. The van der Waals surface area contributed by atoms with E-state index in [2.05, 4.69) is 48.4 Å². The van der Waals surface area contributed by atoms with E-state index >= 15 is 0 Å². The van der Waals surface area contributed by atoms with Gasteiger partial charge in [-0.2, -0.15) is 0 Å². The van der Waals surface area contributed by atoms with E-state index in [-0.39, 0.29) is 11.9 Å². The molecule has 1 N–H and O–H groups in total. The molecule has 0 spiro atoms. The summed E-state index contributed by atoms with van der Waals surface area (Å²) in [7, 11) is 0. The number of hydrogen-bond acceptors (Lipinski definition) is 2. The Morgan fingerprint density at radius 2 is 1.62 bits per heavy atom. The molecule has 1 aromatic heterocycles. The van der Waals surface area contributed by atoms with Crippen LogP contribution in [0.15, 0.2) is 48.8 Å². The molecular weight excluding hydrogens is 260 g/mol. The van der Waals surface area contributed by atoms with Gasteiger partial charge < -0.3 is 5.32 Å². The molecule has 1 amide bonds. The Morgan fingerprint density at radius 1 is 1.05 bits per heavy atom. The van der Waals surface area contributed by atoms with Crippen molar-refractivity contribution in [1.82, 2.24) is 10.3 Å². The van der Waals surface area contributed by atoms with Crippen molar-refractivity contribution in [3.05, 3.63) is 65.5 Å². The standard InChI is InChI=1S/C18H22N2O/c1-4-13(2)15-5-7-16(8-6-15)14(3)20-18(21)17-9-11-19-12-10-17/h5-14H,4H2,1-3H3,(H,20,21)/t13-,14-/m1/s1. The number of amides is 1. The highest BCUT2D eigenvalue weighted by Gasteiger charge is 2.11. The maximum atomic E-state index is 12.1. The van der Waals surface area contributed by atoms with Crippen LogP contribution in [-0.2, 0) is 0 Å². The molecule has 1 heterocycles. The zero-order valence-corrected chi connectivity index (χ0v) is 12.8. The smallest absolute Gasteiger partial charge is 0.251 e. The van der Waals surface area contributed by atoms with Crippen LogP contribution in [0.1, 0.15) is 60.6 Å². The Kier molecular flexibility index (Phi) is 5.09. The van der Waals surface area contributed by atoms with Crippen LogP contribution in [0, 0.1) is 0 Å². The minimum absolute atomic E-state index is 0.0170. The fraction of sp³-hybridized carbons (Fsp3) is 0.333. The van der Waals surface area contributed by atoms with Gasteiger partial charge in [0.25, 0.3) is 5.91 Å². The van der Waals surface area contributed by atoms with Crippen LogP contribution >= 0.6 is 0 Å². The molecule has 0 saturated carbocycles. The Labute approximate surface area is 126 Å². The van der Waals surface area contributed by atoms with Gasteiger partial charge in [0.2, 0.25) is 0 Å². The highest BCUT2D eigenvalue weighted by molar-refractivity contribution is 5.94. The molecule has 2 aromatic rings. The molecule has 3 nitrogen and oxygen atoms in total. The molecule has 0 bridgehead atoms. The average Bonchev–Trinajstić information content (AvgIpc) is 2.55. The molecule has 1 aromatic carbocycles. The molecule has 0 fully saturated rings. The summed E-state index contributed by atoms with van der Waals surface area (Å²) in [5, 5.41) is 3.01. The lowest BCUT2D eigenvalue weighted by atomic mass is 9.96. The summed E-state index contributed by atoms with van der Waals surface area (Å²) in [5.41, 5.74) is 3.09. The monoisotopic (exact) mass is 282 g/mol. The van der Waals surface area contributed by atoms with E-state index in [0.29, 0.717) is 11.5 Å². The highest BCUT2D eigenvalue weighted by Crippen LogP contribution is 2.21. The summed E-state index contributed by atoms with van der Waals surface area (Å²) in [6.45, 7) is 6.41. The van der Waals surface area contributed by atoms with Crippen LogP contribution < -0.4 is 5.32 Å². The summed E-state index contributed by atoms with van der Waals surface area (Å²) in [6, 6.07) is 11.9. The van der Waals surface area contributed by atoms with Crippen molar-refractivity contribution >= 4 is 5.91 Å². The van der Waals surface area contributed by atoms with Gasteiger partial charge in [-0.1, -0.05) is 38.1 Å². The van der Waals surface area contributed by atoms with Gasteiger partial charge in [0.05, 0.1) is 6.04 Å². The molecule has 2 rings (SSSR count). The van der Waals surface area contributed by atoms with Crippen molar-refractivity contribution in [2.75, 3.05) is 0 Å². The van der Waals surface area contributed by atoms with Crippen molar-refractivity contribution in [2.45, 2.75) is 39.2 Å². The van der Waals surface area contributed by atoms with E-state index in [1.807, 2.05) is 6.92 Å². The number of rotatable bonds is 5. The number of carbonyl (C=O) groups is 1. The first-order valence-electron chi connectivity index (χ1n) is 7.42. The van der Waals surface area contributed by atoms with Crippen molar-refractivity contribution < 1.29 is 4.79 Å². The Bertz CT molecular complexity index is 578. The first kappa shape index (κ1) is 15.2. The lowest BCUT2D eigenvalue weighted by molar-refractivity contribution is 0.0940. The summed E-state index contributed by atoms with van der Waals surface area (Å²) in [5.74, 6) is 0.497. The van der Waals surface area contributed by atoms with Gasteiger partial charge >= 0.3 is 0 Å². The summed E-state index contributed by atoms with van der Waals surface area (Å²) < 4.78 is 0. The second-order valence-electron chi connectivity index (χ2n) is 5.41. The van der Waals surface area contributed by atoms with Gasteiger partial charge in [-0.05, 0) is 42.5 Å². The van der Waals surface area contributed by atoms with E-state index in [1.165, 1.54) is 5.56 Å². The molecule has 2 atom stereocenters. The highest BCUT2D eigenvalue weighted by atomic mass is 16.1. The fourth-order valence-corrected chi connectivity index (χ4v) is 2.22. The molecule has 110 valence electrons.